The Morgan fingerprint density at radius 2 is 2.22 bits per heavy atom. The van der Waals surface area contributed by atoms with E-state index >= 15 is 0 Å². The minimum atomic E-state index is -0.551. The molecule has 0 radical (unpaired) electrons. The second-order valence-corrected chi connectivity index (χ2v) is 4.87. The zero-order valence-electron chi connectivity index (χ0n) is 10.4. The Morgan fingerprint density at radius 3 is 2.89 bits per heavy atom. The molecule has 0 aromatic heterocycles. The van der Waals surface area contributed by atoms with Gasteiger partial charge in [0, 0.05) is 6.07 Å². The zero-order valence-corrected chi connectivity index (χ0v) is 10.4. The summed E-state index contributed by atoms with van der Waals surface area (Å²) >= 11 is 0. The molecule has 5 nitrogen and oxygen atoms in total. The van der Waals surface area contributed by atoms with Gasteiger partial charge in [-0.25, -0.2) is 0 Å². The van der Waals surface area contributed by atoms with Crippen molar-refractivity contribution in [2.75, 3.05) is 6.61 Å². The van der Waals surface area contributed by atoms with Crippen LogP contribution in [0.15, 0.2) is 18.2 Å². The Morgan fingerprint density at radius 1 is 1.50 bits per heavy atom. The molecular formula is C13H15NO4. The van der Waals surface area contributed by atoms with E-state index in [2.05, 4.69) is 0 Å². The first-order valence-corrected chi connectivity index (χ1v) is 5.65. The van der Waals surface area contributed by atoms with Crippen molar-refractivity contribution < 1.29 is 19.1 Å². The number of hydrogen-bond donors (Lipinski definition) is 1. The van der Waals surface area contributed by atoms with Crippen molar-refractivity contribution in [3.63, 3.8) is 0 Å². The summed E-state index contributed by atoms with van der Waals surface area (Å²) in [6.45, 7) is 3.51. The van der Waals surface area contributed by atoms with Crippen LogP contribution in [0.3, 0.4) is 0 Å². The van der Waals surface area contributed by atoms with E-state index < -0.39 is 11.5 Å². The largest absolute Gasteiger partial charge is 0.486 e. The van der Waals surface area contributed by atoms with Gasteiger partial charge < -0.3 is 15.2 Å². The molecule has 2 N–H and O–H groups in total. The van der Waals surface area contributed by atoms with Gasteiger partial charge in [-0.05, 0) is 26.0 Å². The van der Waals surface area contributed by atoms with Gasteiger partial charge in [-0.1, -0.05) is 0 Å². The Hall–Kier alpha value is -2.04. The fraction of sp³-hybridized carbons (Fsp3) is 0.385. The van der Waals surface area contributed by atoms with Crippen molar-refractivity contribution >= 4 is 11.7 Å². The van der Waals surface area contributed by atoms with Gasteiger partial charge in [-0.3, -0.25) is 9.59 Å². The van der Waals surface area contributed by atoms with Crippen molar-refractivity contribution in [1.29, 1.82) is 0 Å². The lowest BCUT2D eigenvalue weighted by atomic mass is 9.93. The Bertz CT molecular complexity index is 508. The first-order valence-electron chi connectivity index (χ1n) is 5.65. The molecule has 0 spiro atoms. The number of primary amides is 1. The molecule has 2 rings (SSSR count). The SMILES string of the molecule is CC1(C)CC(=O)c2ccc(OCC(N)=O)cc2O1. The summed E-state index contributed by atoms with van der Waals surface area (Å²) < 4.78 is 10.9. The van der Waals surface area contributed by atoms with E-state index in [1.165, 1.54) is 0 Å². The highest BCUT2D eigenvalue weighted by Crippen LogP contribution is 2.35. The van der Waals surface area contributed by atoms with Crippen LogP contribution < -0.4 is 15.2 Å². The van der Waals surface area contributed by atoms with E-state index in [4.69, 9.17) is 15.2 Å². The molecule has 0 saturated carbocycles. The summed E-state index contributed by atoms with van der Waals surface area (Å²) in [5.74, 6) is 0.434. The molecule has 0 saturated heterocycles. The van der Waals surface area contributed by atoms with Gasteiger partial charge in [0.15, 0.2) is 12.4 Å². The maximum atomic E-state index is 11.9. The third kappa shape index (κ3) is 2.61. The van der Waals surface area contributed by atoms with Crippen LogP contribution in [0.5, 0.6) is 11.5 Å². The standard InChI is InChI=1S/C13H15NO4/c1-13(2)6-10(15)9-4-3-8(5-11(9)18-13)17-7-12(14)16/h3-5H,6-7H2,1-2H3,(H2,14,16). The number of amides is 1. The van der Waals surface area contributed by atoms with Gasteiger partial charge in [0.05, 0.1) is 12.0 Å². The Kier molecular flexibility index (Phi) is 2.98. The number of ether oxygens (including phenoxy) is 2. The van der Waals surface area contributed by atoms with Gasteiger partial charge in [-0.15, -0.1) is 0 Å². The summed E-state index contributed by atoms with van der Waals surface area (Å²) in [6.07, 6.45) is 0.349. The topological polar surface area (TPSA) is 78.6 Å². The minimum Gasteiger partial charge on any atom is -0.486 e. The number of Topliss-reactive ketones (excluding diaryl/α,β-unsaturated/α-hetero) is 1. The third-order valence-electron chi connectivity index (χ3n) is 2.61. The molecule has 0 fully saturated rings. The number of fused-ring (bicyclic) bond motifs is 1. The van der Waals surface area contributed by atoms with Crippen LogP contribution in [0, 0.1) is 0 Å². The fourth-order valence-electron chi connectivity index (χ4n) is 1.88. The van der Waals surface area contributed by atoms with Crippen LogP contribution >= 0.6 is 0 Å². The van der Waals surface area contributed by atoms with E-state index in [9.17, 15) is 9.59 Å². The third-order valence-corrected chi connectivity index (χ3v) is 2.61. The number of ketones is 1. The van der Waals surface area contributed by atoms with Crippen molar-refractivity contribution in [2.45, 2.75) is 25.9 Å². The molecule has 1 aromatic carbocycles. The lowest BCUT2D eigenvalue weighted by Crippen LogP contribution is -2.35. The molecule has 1 amide bonds. The molecule has 0 atom stereocenters. The molecule has 0 bridgehead atoms. The molecular weight excluding hydrogens is 234 g/mol. The lowest BCUT2D eigenvalue weighted by Gasteiger charge is -2.31. The van der Waals surface area contributed by atoms with Crippen LogP contribution in [-0.2, 0) is 4.79 Å². The molecule has 96 valence electrons. The summed E-state index contributed by atoms with van der Waals surface area (Å²) in [6, 6.07) is 4.88. The van der Waals surface area contributed by atoms with Gasteiger partial charge in [0.25, 0.3) is 5.91 Å². The maximum Gasteiger partial charge on any atom is 0.255 e. The number of carbonyl (C=O) groups excluding carboxylic acids is 2. The summed E-state index contributed by atoms with van der Waals surface area (Å²) in [5.41, 5.74) is 5.01. The second-order valence-electron chi connectivity index (χ2n) is 4.87. The van der Waals surface area contributed by atoms with Crippen LogP contribution in [0.25, 0.3) is 0 Å². The van der Waals surface area contributed by atoms with Crippen molar-refractivity contribution in [2.24, 2.45) is 5.73 Å². The highest BCUT2D eigenvalue weighted by atomic mass is 16.5. The van der Waals surface area contributed by atoms with Crippen LogP contribution in [0.2, 0.25) is 0 Å². The van der Waals surface area contributed by atoms with E-state index in [-0.39, 0.29) is 12.4 Å². The molecule has 1 aromatic rings. The van der Waals surface area contributed by atoms with E-state index in [1.807, 2.05) is 13.8 Å². The number of rotatable bonds is 3. The van der Waals surface area contributed by atoms with E-state index in [0.29, 0.717) is 23.5 Å². The zero-order chi connectivity index (χ0) is 13.3. The first kappa shape index (κ1) is 12.4. The molecule has 0 aliphatic carbocycles. The van der Waals surface area contributed by atoms with Crippen molar-refractivity contribution in [3.8, 4) is 11.5 Å². The number of hydrogen-bond acceptors (Lipinski definition) is 4. The van der Waals surface area contributed by atoms with Crippen molar-refractivity contribution in [3.05, 3.63) is 23.8 Å². The monoisotopic (exact) mass is 249 g/mol. The first-order chi connectivity index (χ1) is 8.37. The van der Waals surface area contributed by atoms with Crippen molar-refractivity contribution in [1.82, 2.24) is 0 Å². The molecule has 18 heavy (non-hydrogen) atoms. The highest BCUT2D eigenvalue weighted by Gasteiger charge is 2.32. The maximum absolute atomic E-state index is 11.9. The summed E-state index contributed by atoms with van der Waals surface area (Å²) in [4.78, 5) is 22.5. The van der Waals surface area contributed by atoms with E-state index in [0.717, 1.165) is 0 Å². The second kappa shape index (κ2) is 4.33. The number of nitrogens with two attached hydrogens (primary N) is 1. The van der Waals surface area contributed by atoms with Gasteiger partial charge in [-0.2, -0.15) is 0 Å². The predicted octanol–water partition coefficient (Wildman–Crippen LogP) is 1.29. The minimum absolute atomic E-state index is 0.0442. The molecule has 1 aliphatic rings. The van der Waals surface area contributed by atoms with Crippen LogP contribution in [0.4, 0.5) is 0 Å². The Labute approximate surface area is 105 Å². The highest BCUT2D eigenvalue weighted by molar-refractivity contribution is 6.00. The average molecular weight is 249 g/mol. The molecule has 5 heteroatoms. The summed E-state index contributed by atoms with van der Waals surface area (Å²) in [5, 5.41) is 0. The fourth-order valence-corrected chi connectivity index (χ4v) is 1.88. The quantitative estimate of drug-likeness (QED) is 0.875. The molecule has 0 unspecified atom stereocenters. The average Bonchev–Trinajstić information content (AvgIpc) is 2.24. The Balaban J connectivity index is 2.26. The molecule has 1 heterocycles. The van der Waals surface area contributed by atoms with Crippen LogP contribution in [0.1, 0.15) is 30.6 Å². The van der Waals surface area contributed by atoms with Crippen LogP contribution in [-0.4, -0.2) is 23.9 Å². The smallest absolute Gasteiger partial charge is 0.255 e. The predicted molar refractivity (Wildman–Crippen MR) is 64.8 cm³/mol. The van der Waals surface area contributed by atoms with Gasteiger partial charge in [0.2, 0.25) is 0 Å². The molecule has 1 aliphatic heterocycles. The van der Waals surface area contributed by atoms with Gasteiger partial charge in [0.1, 0.15) is 17.1 Å². The number of benzene rings is 1. The summed E-state index contributed by atoms with van der Waals surface area (Å²) in [7, 11) is 0. The lowest BCUT2D eigenvalue weighted by molar-refractivity contribution is -0.119. The number of carbonyl (C=O) groups is 2. The normalized spacial score (nSPS) is 16.7. The van der Waals surface area contributed by atoms with E-state index in [1.54, 1.807) is 18.2 Å². The van der Waals surface area contributed by atoms with Gasteiger partial charge >= 0.3 is 0 Å².